The smallest absolute Gasteiger partial charge is 0.122 e. The molecule has 0 aromatic heterocycles. The molecule has 0 saturated carbocycles. The summed E-state index contributed by atoms with van der Waals surface area (Å²) in [5.74, 6) is 0.875. The quantitative estimate of drug-likeness (QED) is 0.828. The number of ether oxygens (including phenoxy) is 1. The van der Waals surface area contributed by atoms with Crippen LogP contribution in [0.2, 0.25) is 0 Å². The number of hydrogen-bond acceptors (Lipinski definition) is 2. The van der Waals surface area contributed by atoms with Crippen molar-refractivity contribution in [3.63, 3.8) is 0 Å². The summed E-state index contributed by atoms with van der Waals surface area (Å²) in [6.07, 6.45) is 1.43. The molecule has 0 heterocycles. The van der Waals surface area contributed by atoms with E-state index in [0.29, 0.717) is 19.4 Å². The minimum absolute atomic E-state index is 0.365. The van der Waals surface area contributed by atoms with Crippen molar-refractivity contribution in [2.24, 2.45) is 0 Å². The van der Waals surface area contributed by atoms with E-state index >= 15 is 0 Å². The molecule has 0 unspecified atom stereocenters. The Hall–Kier alpha value is -1.02. The van der Waals surface area contributed by atoms with Crippen LogP contribution in [0.25, 0.3) is 0 Å². The van der Waals surface area contributed by atoms with Gasteiger partial charge in [0.15, 0.2) is 0 Å². The normalized spacial score (nSPS) is 11.6. The minimum atomic E-state index is -0.698. The van der Waals surface area contributed by atoms with Crippen LogP contribution in [0.4, 0.5) is 0 Å². The summed E-state index contributed by atoms with van der Waals surface area (Å²) in [7, 11) is 0. The van der Waals surface area contributed by atoms with Gasteiger partial charge in [-0.05, 0) is 43.9 Å². The number of rotatable bonds is 5. The number of aliphatic hydroxyl groups is 1. The highest BCUT2D eigenvalue weighted by atomic mass is 16.5. The van der Waals surface area contributed by atoms with E-state index in [-0.39, 0.29) is 0 Å². The molecule has 1 rings (SSSR count). The van der Waals surface area contributed by atoms with Crippen LogP contribution in [-0.4, -0.2) is 17.3 Å². The van der Waals surface area contributed by atoms with Gasteiger partial charge in [-0.1, -0.05) is 26.0 Å². The molecule has 0 spiro atoms. The molecular weight excluding hydrogens is 200 g/mol. The predicted molar refractivity (Wildman–Crippen MR) is 66.9 cm³/mol. The Balaban J connectivity index is 2.71. The summed E-state index contributed by atoms with van der Waals surface area (Å²) in [4.78, 5) is 0. The molecule has 1 aromatic carbocycles. The van der Waals surface area contributed by atoms with E-state index in [9.17, 15) is 5.11 Å². The molecule has 0 amide bonds. The first kappa shape index (κ1) is 13.0. The lowest BCUT2D eigenvalue weighted by Crippen LogP contribution is -2.34. The molecule has 1 aromatic rings. The van der Waals surface area contributed by atoms with E-state index in [4.69, 9.17) is 4.74 Å². The van der Waals surface area contributed by atoms with Crippen molar-refractivity contribution in [2.75, 3.05) is 6.61 Å². The second kappa shape index (κ2) is 5.35. The van der Waals surface area contributed by atoms with Crippen LogP contribution in [0.3, 0.4) is 0 Å². The molecule has 0 atom stereocenters. The third-order valence-corrected chi connectivity index (χ3v) is 3.37. The molecule has 0 aliphatic carbocycles. The average Bonchev–Trinajstić information content (AvgIpc) is 2.31. The van der Waals surface area contributed by atoms with Crippen LogP contribution in [0.5, 0.6) is 5.75 Å². The molecule has 0 bridgehead atoms. The second-order valence-electron chi connectivity index (χ2n) is 4.42. The van der Waals surface area contributed by atoms with Crippen molar-refractivity contribution in [3.05, 3.63) is 29.3 Å². The third-order valence-electron chi connectivity index (χ3n) is 3.37. The van der Waals surface area contributed by atoms with E-state index < -0.39 is 5.60 Å². The maximum atomic E-state index is 10.1. The maximum Gasteiger partial charge on any atom is 0.122 e. The average molecular weight is 222 g/mol. The fraction of sp³-hybridized carbons (Fsp3) is 0.571. The van der Waals surface area contributed by atoms with Gasteiger partial charge in [0.2, 0.25) is 0 Å². The van der Waals surface area contributed by atoms with Crippen molar-refractivity contribution in [1.29, 1.82) is 0 Å². The Morgan fingerprint density at radius 1 is 1.19 bits per heavy atom. The molecular formula is C14H22O2. The first-order chi connectivity index (χ1) is 7.52. The number of aryl methyl sites for hydroxylation is 1. The Morgan fingerprint density at radius 3 is 2.38 bits per heavy atom. The second-order valence-corrected chi connectivity index (χ2v) is 4.42. The molecule has 0 aliphatic heterocycles. The van der Waals surface area contributed by atoms with Crippen molar-refractivity contribution in [2.45, 2.75) is 46.1 Å². The molecule has 0 fully saturated rings. The van der Waals surface area contributed by atoms with Crippen molar-refractivity contribution in [3.8, 4) is 5.75 Å². The highest BCUT2D eigenvalue weighted by molar-refractivity contribution is 5.38. The van der Waals surface area contributed by atoms with Crippen molar-refractivity contribution in [1.82, 2.24) is 0 Å². The molecule has 0 radical (unpaired) electrons. The van der Waals surface area contributed by atoms with E-state index in [1.54, 1.807) is 0 Å². The highest BCUT2D eigenvalue weighted by Crippen LogP contribution is 2.23. The molecule has 90 valence electrons. The summed E-state index contributed by atoms with van der Waals surface area (Å²) >= 11 is 0. The first-order valence-corrected chi connectivity index (χ1v) is 5.94. The predicted octanol–water partition coefficient (Wildman–Crippen LogP) is 3.23. The van der Waals surface area contributed by atoms with Crippen LogP contribution in [-0.2, 0) is 0 Å². The van der Waals surface area contributed by atoms with E-state index in [2.05, 4.69) is 13.0 Å². The Morgan fingerprint density at radius 2 is 1.81 bits per heavy atom. The zero-order chi connectivity index (χ0) is 12.2. The summed E-state index contributed by atoms with van der Waals surface area (Å²) in [5.41, 5.74) is 1.67. The zero-order valence-electron chi connectivity index (χ0n) is 10.7. The fourth-order valence-corrected chi connectivity index (χ4v) is 1.55. The van der Waals surface area contributed by atoms with Gasteiger partial charge in [0.05, 0.1) is 5.60 Å². The van der Waals surface area contributed by atoms with Gasteiger partial charge in [0.1, 0.15) is 12.4 Å². The van der Waals surface area contributed by atoms with Gasteiger partial charge >= 0.3 is 0 Å². The van der Waals surface area contributed by atoms with Crippen LogP contribution in [0, 0.1) is 13.8 Å². The summed E-state index contributed by atoms with van der Waals surface area (Å²) in [6.45, 7) is 8.44. The molecule has 16 heavy (non-hydrogen) atoms. The van der Waals surface area contributed by atoms with Gasteiger partial charge in [0.25, 0.3) is 0 Å². The van der Waals surface area contributed by atoms with Crippen molar-refractivity contribution >= 4 is 0 Å². The van der Waals surface area contributed by atoms with E-state index in [1.165, 1.54) is 5.56 Å². The summed E-state index contributed by atoms with van der Waals surface area (Å²) in [6, 6.07) is 6.00. The first-order valence-electron chi connectivity index (χ1n) is 5.94. The molecule has 1 N–H and O–H groups in total. The Bertz CT molecular complexity index is 341. The maximum absolute atomic E-state index is 10.1. The van der Waals surface area contributed by atoms with Gasteiger partial charge in [-0.3, -0.25) is 0 Å². The lowest BCUT2D eigenvalue weighted by molar-refractivity contribution is -0.0115. The van der Waals surface area contributed by atoms with Crippen molar-refractivity contribution < 1.29 is 9.84 Å². The monoisotopic (exact) mass is 222 g/mol. The van der Waals surface area contributed by atoms with Crippen LogP contribution in [0.15, 0.2) is 18.2 Å². The Kier molecular flexibility index (Phi) is 4.36. The molecule has 0 saturated heterocycles. The summed E-state index contributed by atoms with van der Waals surface area (Å²) < 4.78 is 5.71. The molecule has 2 nitrogen and oxygen atoms in total. The number of benzene rings is 1. The van der Waals surface area contributed by atoms with Gasteiger partial charge in [0, 0.05) is 0 Å². The largest absolute Gasteiger partial charge is 0.490 e. The third kappa shape index (κ3) is 2.99. The van der Waals surface area contributed by atoms with Gasteiger partial charge in [-0.25, -0.2) is 0 Å². The molecule has 0 aliphatic rings. The molecule has 2 heteroatoms. The van der Waals surface area contributed by atoms with E-state index in [1.807, 2.05) is 32.9 Å². The van der Waals surface area contributed by atoms with Gasteiger partial charge in [-0.15, -0.1) is 0 Å². The lowest BCUT2D eigenvalue weighted by atomic mass is 9.99. The SMILES string of the molecule is CCC(O)(CC)COc1cccc(C)c1C. The number of hydrogen-bond donors (Lipinski definition) is 1. The summed E-state index contributed by atoms with van der Waals surface area (Å²) in [5, 5.41) is 10.1. The lowest BCUT2D eigenvalue weighted by Gasteiger charge is -2.25. The standard InChI is InChI=1S/C14H22O2/c1-5-14(15,6-2)10-16-13-9-7-8-11(3)12(13)4/h7-9,15H,5-6,10H2,1-4H3. The minimum Gasteiger partial charge on any atom is -0.490 e. The zero-order valence-corrected chi connectivity index (χ0v) is 10.7. The van der Waals surface area contributed by atoms with E-state index in [0.717, 1.165) is 11.3 Å². The van der Waals surface area contributed by atoms with Crippen LogP contribution < -0.4 is 4.74 Å². The highest BCUT2D eigenvalue weighted by Gasteiger charge is 2.23. The van der Waals surface area contributed by atoms with Gasteiger partial charge in [-0.2, -0.15) is 0 Å². The van der Waals surface area contributed by atoms with Crippen LogP contribution in [0.1, 0.15) is 37.8 Å². The van der Waals surface area contributed by atoms with Gasteiger partial charge < -0.3 is 9.84 Å². The van der Waals surface area contributed by atoms with Crippen LogP contribution >= 0.6 is 0 Å². The Labute approximate surface area is 98.3 Å². The topological polar surface area (TPSA) is 29.5 Å². The fourth-order valence-electron chi connectivity index (χ4n) is 1.55.